The summed E-state index contributed by atoms with van der Waals surface area (Å²) >= 11 is 0. The van der Waals surface area contributed by atoms with E-state index in [1.807, 2.05) is 0 Å². The second-order valence-corrected chi connectivity index (χ2v) is 7.68. The van der Waals surface area contributed by atoms with Crippen LogP contribution in [0, 0.1) is 23.2 Å². The van der Waals surface area contributed by atoms with Gasteiger partial charge in [-0.1, -0.05) is 0 Å². The molecular weight excluding hydrogens is 268 g/mol. The van der Waals surface area contributed by atoms with Crippen LogP contribution < -0.4 is 10.6 Å². The molecule has 5 nitrogen and oxygen atoms in total. The third-order valence-corrected chi connectivity index (χ3v) is 6.07. The van der Waals surface area contributed by atoms with E-state index in [0.29, 0.717) is 0 Å². The predicted octanol–water partition coefficient (Wildman–Crippen LogP) is 2.36. The molecule has 3 N–H and O–H groups in total. The first-order chi connectivity index (χ1) is 9.88. The Morgan fingerprint density at radius 1 is 1.00 bits per heavy atom. The molecule has 4 aliphatic rings. The van der Waals surface area contributed by atoms with Crippen molar-refractivity contribution in [3.63, 3.8) is 0 Å². The van der Waals surface area contributed by atoms with Crippen LogP contribution >= 0.6 is 0 Å². The van der Waals surface area contributed by atoms with E-state index >= 15 is 0 Å². The molecule has 1 unspecified atom stereocenters. The van der Waals surface area contributed by atoms with Crippen LogP contribution in [0.4, 0.5) is 4.79 Å². The maximum absolute atomic E-state index is 12.0. The SMILES string of the molecule is CC(NC(=O)N[C@H](C)C(=O)O)C12CC3CC(CC(C3)C1)C2. The van der Waals surface area contributed by atoms with E-state index in [9.17, 15) is 9.59 Å². The second-order valence-electron chi connectivity index (χ2n) is 7.68. The molecule has 0 radical (unpaired) electrons. The van der Waals surface area contributed by atoms with Crippen molar-refractivity contribution >= 4 is 12.0 Å². The van der Waals surface area contributed by atoms with Gasteiger partial charge < -0.3 is 15.7 Å². The first kappa shape index (κ1) is 14.7. The van der Waals surface area contributed by atoms with Gasteiger partial charge in [-0.15, -0.1) is 0 Å². The zero-order valence-electron chi connectivity index (χ0n) is 12.9. The number of nitrogens with one attached hydrogen (secondary N) is 2. The summed E-state index contributed by atoms with van der Waals surface area (Å²) in [7, 11) is 0. The number of carbonyl (C=O) groups excluding carboxylic acids is 1. The molecule has 0 saturated heterocycles. The van der Waals surface area contributed by atoms with Crippen LogP contribution in [0.25, 0.3) is 0 Å². The van der Waals surface area contributed by atoms with Gasteiger partial charge in [-0.05, 0) is 75.5 Å². The smallest absolute Gasteiger partial charge is 0.325 e. The van der Waals surface area contributed by atoms with E-state index in [-0.39, 0.29) is 17.5 Å². The molecule has 4 fully saturated rings. The summed E-state index contributed by atoms with van der Waals surface area (Å²) in [4.78, 5) is 22.8. The highest BCUT2D eigenvalue weighted by Crippen LogP contribution is 2.61. The standard InChI is InChI=1S/C16H26N2O3/c1-9(14(19)20)17-15(21)18-10(2)16-6-11-3-12(7-16)5-13(4-11)8-16/h9-13H,3-8H2,1-2H3,(H,19,20)(H2,17,18,21)/t9-,10?,11?,12?,13?,16?/m1/s1. The van der Waals surface area contributed by atoms with Gasteiger partial charge in [0.25, 0.3) is 0 Å². The van der Waals surface area contributed by atoms with Crippen molar-refractivity contribution in [2.45, 2.75) is 64.5 Å². The molecule has 4 rings (SSSR count). The van der Waals surface area contributed by atoms with Gasteiger partial charge in [0, 0.05) is 6.04 Å². The normalized spacial score (nSPS) is 39.6. The van der Waals surface area contributed by atoms with Crippen LogP contribution in [0.5, 0.6) is 0 Å². The lowest BCUT2D eigenvalue weighted by molar-refractivity contribution is -0.138. The summed E-state index contributed by atoms with van der Waals surface area (Å²) in [5.41, 5.74) is 0.249. The van der Waals surface area contributed by atoms with Crippen molar-refractivity contribution in [2.75, 3.05) is 0 Å². The molecule has 0 heterocycles. The lowest BCUT2D eigenvalue weighted by Gasteiger charge is -2.59. The number of rotatable bonds is 4. The third kappa shape index (κ3) is 2.74. The van der Waals surface area contributed by atoms with Crippen molar-refractivity contribution in [3.8, 4) is 0 Å². The van der Waals surface area contributed by atoms with Gasteiger partial charge in [0.15, 0.2) is 0 Å². The molecule has 118 valence electrons. The van der Waals surface area contributed by atoms with Crippen LogP contribution in [0.3, 0.4) is 0 Å². The number of carboxylic acid groups (broad SMARTS) is 1. The van der Waals surface area contributed by atoms with Gasteiger partial charge in [0.05, 0.1) is 0 Å². The number of carbonyl (C=O) groups is 2. The van der Waals surface area contributed by atoms with Gasteiger partial charge in [0.2, 0.25) is 0 Å². The van der Waals surface area contributed by atoms with E-state index in [0.717, 1.165) is 17.8 Å². The summed E-state index contributed by atoms with van der Waals surface area (Å²) in [6, 6.07) is -1.09. The zero-order valence-corrected chi connectivity index (χ0v) is 12.9. The number of carboxylic acids is 1. The van der Waals surface area contributed by atoms with E-state index in [2.05, 4.69) is 17.6 Å². The minimum absolute atomic E-state index is 0.117. The number of urea groups is 1. The molecule has 21 heavy (non-hydrogen) atoms. The van der Waals surface area contributed by atoms with Gasteiger partial charge >= 0.3 is 12.0 Å². The van der Waals surface area contributed by atoms with Crippen molar-refractivity contribution in [1.82, 2.24) is 10.6 Å². The highest BCUT2D eigenvalue weighted by atomic mass is 16.4. The van der Waals surface area contributed by atoms with Crippen LogP contribution in [0.1, 0.15) is 52.4 Å². The Labute approximate surface area is 125 Å². The van der Waals surface area contributed by atoms with Crippen molar-refractivity contribution < 1.29 is 14.7 Å². The largest absolute Gasteiger partial charge is 0.480 e. The molecule has 0 aromatic heterocycles. The topological polar surface area (TPSA) is 78.4 Å². The number of hydrogen-bond donors (Lipinski definition) is 3. The van der Waals surface area contributed by atoms with Crippen LogP contribution in [-0.2, 0) is 4.79 Å². The fourth-order valence-corrected chi connectivity index (χ4v) is 5.36. The number of hydrogen-bond acceptors (Lipinski definition) is 2. The Morgan fingerprint density at radius 3 is 1.90 bits per heavy atom. The van der Waals surface area contributed by atoms with Gasteiger partial charge in [-0.25, -0.2) is 4.79 Å². The quantitative estimate of drug-likeness (QED) is 0.745. The Bertz CT molecular complexity index is 414. The summed E-state index contributed by atoms with van der Waals surface area (Å²) in [5.74, 6) is 1.54. The summed E-state index contributed by atoms with van der Waals surface area (Å²) in [6.45, 7) is 3.58. The maximum atomic E-state index is 12.0. The lowest BCUT2D eigenvalue weighted by atomic mass is 9.48. The van der Waals surface area contributed by atoms with E-state index in [1.165, 1.54) is 45.4 Å². The highest BCUT2D eigenvalue weighted by Gasteiger charge is 2.53. The molecule has 2 amide bonds. The summed E-state index contributed by atoms with van der Waals surface area (Å²) in [6.07, 6.45) is 7.84. The molecule has 4 saturated carbocycles. The van der Waals surface area contributed by atoms with Crippen LogP contribution in [-0.4, -0.2) is 29.2 Å². The molecule has 5 heteroatoms. The minimum atomic E-state index is -1.01. The molecule has 0 aromatic carbocycles. The Morgan fingerprint density at radius 2 is 1.48 bits per heavy atom. The molecular formula is C16H26N2O3. The maximum Gasteiger partial charge on any atom is 0.325 e. The third-order valence-electron chi connectivity index (χ3n) is 6.07. The lowest BCUT2D eigenvalue weighted by Crippen LogP contribution is -2.58. The monoisotopic (exact) mass is 294 g/mol. The number of amides is 2. The Hall–Kier alpha value is -1.26. The van der Waals surface area contributed by atoms with Crippen molar-refractivity contribution in [1.29, 1.82) is 0 Å². The van der Waals surface area contributed by atoms with Crippen molar-refractivity contribution in [3.05, 3.63) is 0 Å². The molecule has 4 aliphatic carbocycles. The molecule has 0 spiro atoms. The van der Waals surface area contributed by atoms with Crippen LogP contribution in [0.2, 0.25) is 0 Å². The first-order valence-electron chi connectivity index (χ1n) is 8.18. The average molecular weight is 294 g/mol. The second kappa shape index (κ2) is 5.18. The Balaban J connectivity index is 1.61. The average Bonchev–Trinajstić information content (AvgIpc) is 2.36. The molecule has 2 atom stereocenters. The molecule has 0 aliphatic heterocycles. The predicted molar refractivity (Wildman–Crippen MR) is 78.8 cm³/mol. The Kier molecular flexibility index (Phi) is 3.62. The van der Waals surface area contributed by atoms with Crippen LogP contribution in [0.15, 0.2) is 0 Å². The van der Waals surface area contributed by atoms with E-state index in [1.54, 1.807) is 0 Å². The van der Waals surface area contributed by atoms with Gasteiger partial charge in [0.1, 0.15) is 6.04 Å². The molecule has 4 bridgehead atoms. The summed E-state index contributed by atoms with van der Waals surface area (Å²) in [5, 5.41) is 14.4. The molecule has 0 aromatic rings. The fraction of sp³-hybridized carbons (Fsp3) is 0.875. The number of aliphatic carboxylic acids is 1. The van der Waals surface area contributed by atoms with Gasteiger partial charge in [-0.2, -0.15) is 0 Å². The first-order valence-corrected chi connectivity index (χ1v) is 8.18. The zero-order chi connectivity index (χ0) is 15.2. The summed E-state index contributed by atoms with van der Waals surface area (Å²) < 4.78 is 0. The van der Waals surface area contributed by atoms with E-state index in [4.69, 9.17) is 5.11 Å². The highest BCUT2D eigenvalue weighted by molar-refractivity contribution is 5.82. The van der Waals surface area contributed by atoms with E-state index < -0.39 is 12.0 Å². The fourth-order valence-electron chi connectivity index (χ4n) is 5.36. The van der Waals surface area contributed by atoms with Crippen molar-refractivity contribution in [2.24, 2.45) is 23.2 Å². The van der Waals surface area contributed by atoms with Gasteiger partial charge in [-0.3, -0.25) is 4.79 Å². The minimum Gasteiger partial charge on any atom is -0.480 e.